The molecule has 0 fully saturated rings. The Kier molecular flexibility index (Phi) is 13.6. The Morgan fingerprint density at radius 1 is 0.423 bits per heavy atom. The normalized spacial score (nSPS) is 8.62. The Bertz CT molecular complexity index is 636. The molecule has 0 unspecified atom stereocenters. The van der Waals surface area contributed by atoms with Crippen LogP contribution in [0.5, 0.6) is 0 Å². The van der Waals surface area contributed by atoms with Crippen LogP contribution in [0.25, 0.3) is 0 Å². The molecule has 0 amide bonds. The van der Waals surface area contributed by atoms with Crippen LogP contribution in [0.1, 0.15) is 41.4 Å². The molecule has 10 heteroatoms. The number of hydrogen-bond donors (Lipinski definition) is 0. The van der Waals surface area contributed by atoms with Gasteiger partial charge in [0.2, 0.25) is 0 Å². The van der Waals surface area contributed by atoms with E-state index >= 15 is 0 Å². The fraction of sp³-hybridized carbons (Fsp3) is 0. The van der Waals surface area contributed by atoms with Gasteiger partial charge >= 0.3 is 75.5 Å². The van der Waals surface area contributed by atoms with Gasteiger partial charge in [0.15, 0.2) is 0 Å². The van der Waals surface area contributed by atoms with Gasteiger partial charge in [-0.3, -0.25) is 0 Å². The molecule has 124 valence electrons. The van der Waals surface area contributed by atoms with E-state index in [0.717, 1.165) is 48.5 Å². The standard InChI is InChI=1S/2C8H6O4.2Ca/c2*9-7(10)5-1-2-6(4-3-5)8(11)12;;/h2*1-4H,(H,9,10)(H,11,12);;/q;;2*+2/p-4. The number of carbonyl (C=O) groups excluding carboxylic acids is 4. The minimum atomic E-state index is -1.33. The summed E-state index contributed by atoms with van der Waals surface area (Å²) < 4.78 is 0. The average molecular weight is 408 g/mol. The number of carboxylic acids is 4. The Balaban J connectivity index is 0. The zero-order valence-corrected chi connectivity index (χ0v) is 17.7. The van der Waals surface area contributed by atoms with Gasteiger partial charge in [0, 0.05) is 0 Å². The molecule has 0 bridgehead atoms. The molecule has 0 saturated carbocycles. The van der Waals surface area contributed by atoms with Gasteiger partial charge in [0.05, 0.1) is 23.9 Å². The van der Waals surface area contributed by atoms with Crippen LogP contribution in [-0.4, -0.2) is 99.4 Å². The van der Waals surface area contributed by atoms with Crippen molar-refractivity contribution in [1.82, 2.24) is 0 Å². The summed E-state index contributed by atoms with van der Waals surface area (Å²) in [5.74, 6) is -5.33. The summed E-state index contributed by atoms with van der Waals surface area (Å²) in [6.07, 6.45) is 0. The molecule has 2 aromatic carbocycles. The second-order valence-corrected chi connectivity index (χ2v) is 4.30. The summed E-state index contributed by atoms with van der Waals surface area (Å²) in [7, 11) is 0. The third-order valence-electron chi connectivity index (χ3n) is 2.71. The molecule has 0 heterocycles. The zero-order valence-electron chi connectivity index (χ0n) is 13.3. The van der Waals surface area contributed by atoms with Gasteiger partial charge in [-0.25, -0.2) is 0 Å². The first-order valence-electron chi connectivity index (χ1n) is 6.28. The fourth-order valence-corrected chi connectivity index (χ4v) is 1.48. The van der Waals surface area contributed by atoms with Crippen molar-refractivity contribution in [2.24, 2.45) is 0 Å². The third kappa shape index (κ3) is 8.97. The molecular weight excluding hydrogens is 400 g/mol. The predicted octanol–water partition coefficient (Wildman–Crippen LogP) is -3.93. The van der Waals surface area contributed by atoms with Crippen molar-refractivity contribution in [2.75, 3.05) is 0 Å². The number of hydrogen-bond acceptors (Lipinski definition) is 8. The van der Waals surface area contributed by atoms with Crippen molar-refractivity contribution in [3.05, 3.63) is 70.8 Å². The quantitative estimate of drug-likeness (QED) is 0.463. The summed E-state index contributed by atoms with van der Waals surface area (Å²) in [6.45, 7) is 0. The van der Waals surface area contributed by atoms with Crippen molar-refractivity contribution in [3.8, 4) is 0 Å². The van der Waals surface area contributed by atoms with Crippen LogP contribution >= 0.6 is 0 Å². The van der Waals surface area contributed by atoms with E-state index in [-0.39, 0.29) is 97.7 Å². The van der Waals surface area contributed by atoms with Crippen LogP contribution in [0.3, 0.4) is 0 Å². The van der Waals surface area contributed by atoms with E-state index in [4.69, 9.17) is 0 Å². The van der Waals surface area contributed by atoms with E-state index in [9.17, 15) is 39.6 Å². The Hall–Kier alpha value is -1.16. The molecule has 2 aromatic rings. The molecular formula is C16H8Ca2O8. The van der Waals surface area contributed by atoms with Crippen LogP contribution in [0.2, 0.25) is 0 Å². The van der Waals surface area contributed by atoms with Crippen molar-refractivity contribution in [2.45, 2.75) is 0 Å². The number of rotatable bonds is 4. The second kappa shape index (κ2) is 13.1. The summed E-state index contributed by atoms with van der Waals surface area (Å²) in [4.78, 5) is 40.8. The monoisotopic (exact) mass is 408 g/mol. The Morgan fingerprint density at radius 2 is 0.538 bits per heavy atom. The molecule has 8 nitrogen and oxygen atoms in total. The summed E-state index contributed by atoms with van der Waals surface area (Å²) in [5, 5.41) is 40.8. The van der Waals surface area contributed by atoms with Gasteiger partial charge in [-0.05, 0) is 22.3 Å². The minimum Gasteiger partial charge on any atom is -0.545 e. The van der Waals surface area contributed by atoms with Gasteiger partial charge in [-0.15, -0.1) is 0 Å². The van der Waals surface area contributed by atoms with E-state index in [1.54, 1.807) is 0 Å². The zero-order chi connectivity index (χ0) is 18.3. The van der Waals surface area contributed by atoms with Crippen molar-refractivity contribution in [1.29, 1.82) is 0 Å². The van der Waals surface area contributed by atoms with Gasteiger partial charge < -0.3 is 39.6 Å². The van der Waals surface area contributed by atoms with Crippen LogP contribution < -0.4 is 20.4 Å². The number of benzene rings is 2. The van der Waals surface area contributed by atoms with Crippen molar-refractivity contribution < 1.29 is 39.6 Å². The SMILES string of the molecule is O=C([O-])c1ccc(C(=O)[O-])cc1.O=C([O-])c1ccc(C(=O)[O-])cc1.[Ca+2].[Ca+2]. The second-order valence-electron chi connectivity index (χ2n) is 4.30. The molecule has 0 aliphatic carbocycles. The topological polar surface area (TPSA) is 161 Å². The third-order valence-corrected chi connectivity index (χ3v) is 2.71. The first-order valence-corrected chi connectivity index (χ1v) is 6.28. The molecule has 0 aliphatic heterocycles. The molecule has 0 N–H and O–H groups in total. The molecule has 0 aromatic heterocycles. The summed E-state index contributed by atoms with van der Waals surface area (Å²) in [5.41, 5.74) is -0.222. The van der Waals surface area contributed by atoms with E-state index in [1.807, 2.05) is 0 Å². The summed E-state index contributed by atoms with van der Waals surface area (Å²) in [6, 6.07) is 9.23. The number of carboxylic acid groups (broad SMARTS) is 4. The van der Waals surface area contributed by atoms with E-state index in [2.05, 4.69) is 0 Å². The van der Waals surface area contributed by atoms with Crippen LogP contribution in [0.15, 0.2) is 48.5 Å². The van der Waals surface area contributed by atoms with Crippen molar-refractivity contribution in [3.63, 3.8) is 0 Å². The molecule has 0 saturated heterocycles. The smallest absolute Gasteiger partial charge is 0.545 e. The molecule has 0 radical (unpaired) electrons. The van der Waals surface area contributed by atoms with E-state index in [1.165, 1.54) is 0 Å². The van der Waals surface area contributed by atoms with Gasteiger partial charge in [0.25, 0.3) is 0 Å². The van der Waals surface area contributed by atoms with Gasteiger partial charge in [-0.1, -0.05) is 48.5 Å². The minimum absolute atomic E-state index is 0. The van der Waals surface area contributed by atoms with E-state index in [0.29, 0.717) is 0 Å². The molecule has 26 heavy (non-hydrogen) atoms. The van der Waals surface area contributed by atoms with Crippen LogP contribution in [0, 0.1) is 0 Å². The first-order chi connectivity index (χ1) is 11.2. The average Bonchev–Trinajstić information content (AvgIpc) is 2.55. The van der Waals surface area contributed by atoms with Crippen LogP contribution in [0.4, 0.5) is 0 Å². The maximum Gasteiger partial charge on any atom is 2.00 e. The molecule has 0 aliphatic rings. The largest absolute Gasteiger partial charge is 2.00 e. The summed E-state index contributed by atoms with van der Waals surface area (Å²) >= 11 is 0. The van der Waals surface area contributed by atoms with Crippen LogP contribution in [-0.2, 0) is 0 Å². The maximum atomic E-state index is 10.2. The number of aromatic carboxylic acids is 4. The molecule has 0 spiro atoms. The molecule has 2 rings (SSSR count). The van der Waals surface area contributed by atoms with E-state index < -0.39 is 23.9 Å². The first kappa shape index (κ1) is 27.1. The number of carbonyl (C=O) groups is 4. The van der Waals surface area contributed by atoms with Gasteiger partial charge in [-0.2, -0.15) is 0 Å². The Morgan fingerprint density at radius 3 is 0.615 bits per heavy atom. The Labute approximate surface area is 207 Å². The fourth-order valence-electron chi connectivity index (χ4n) is 1.48. The maximum absolute atomic E-state index is 10.2. The predicted molar refractivity (Wildman–Crippen MR) is 81.7 cm³/mol. The van der Waals surface area contributed by atoms with Crippen molar-refractivity contribution >= 4 is 99.4 Å². The molecule has 0 atom stereocenters. The van der Waals surface area contributed by atoms with Gasteiger partial charge in [0.1, 0.15) is 0 Å².